The number of aliphatic hydroxyl groups excluding tert-OH is 1. The predicted octanol–water partition coefficient (Wildman–Crippen LogP) is 1.76. The molecular formula is C17H20N2O3. The van der Waals surface area contributed by atoms with E-state index in [4.69, 9.17) is 0 Å². The van der Waals surface area contributed by atoms with E-state index in [9.17, 15) is 14.7 Å². The van der Waals surface area contributed by atoms with Gasteiger partial charge in [-0.3, -0.25) is 9.59 Å². The van der Waals surface area contributed by atoms with Crippen molar-refractivity contribution in [2.24, 2.45) is 5.92 Å². The molecule has 2 aromatic rings. The van der Waals surface area contributed by atoms with Gasteiger partial charge in [-0.15, -0.1) is 0 Å². The zero-order chi connectivity index (χ0) is 15.7. The molecule has 1 aromatic carbocycles. The number of pyridine rings is 1. The van der Waals surface area contributed by atoms with Crippen LogP contribution in [0.15, 0.2) is 35.1 Å². The van der Waals surface area contributed by atoms with Crippen molar-refractivity contribution < 1.29 is 9.90 Å². The van der Waals surface area contributed by atoms with E-state index >= 15 is 0 Å². The summed E-state index contributed by atoms with van der Waals surface area (Å²) >= 11 is 0. The molecule has 5 heteroatoms. The molecule has 22 heavy (non-hydrogen) atoms. The van der Waals surface area contributed by atoms with Gasteiger partial charge < -0.3 is 15.0 Å². The average Bonchev–Trinajstić information content (AvgIpc) is 2.91. The number of carbonyl (C=O) groups excluding carboxylic acids is 1. The molecule has 1 aliphatic carbocycles. The van der Waals surface area contributed by atoms with Crippen molar-refractivity contribution in [1.29, 1.82) is 0 Å². The van der Waals surface area contributed by atoms with E-state index in [1.807, 2.05) is 12.1 Å². The Morgan fingerprint density at radius 1 is 1.36 bits per heavy atom. The van der Waals surface area contributed by atoms with Gasteiger partial charge in [-0.05, 0) is 30.4 Å². The van der Waals surface area contributed by atoms with Crippen LogP contribution in [0.3, 0.4) is 0 Å². The third-order valence-electron chi connectivity index (χ3n) is 4.46. The molecule has 0 aliphatic heterocycles. The Morgan fingerprint density at radius 2 is 2.14 bits per heavy atom. The zero-order valence-electron chi connectivity index (χ0n) is 12.6. The number of nitrogens with zero attached hydrogens (tertiary/aromatic N) is 1. The van der Waals surface area contributed by atoms with Crippen LogP contribution in [0.2, 0.25) is 0 Å². The first-order chi connectivity index (χ1) is 10.6. The topological polar surface area (TPSA) is 73.4 Å². The normalized spacial score (nSPS) is 21.2. The summed E-state index contributed by atoms with van der Waals surface area (Å²) in [5, 5.41) is 11.2. The minimum Gasteiger partial charge on any atom is -0.393 e. The molecule has 116 valence electrons. The molecule has 2 N–H and O–H groups in total. The van der Waals surface area contributed by atoms with Crippen LogP contribution in [0, 0.1) is 5.92 Å². The minimum absolute atomic E-state index is 0.126. The van der Waals surface area contributed by atoms with Crippen LogP contribution in [0.4, 0.5) is 0 Å². The lowest BCUT2D eigenvalue weighted by molar-refractivity contribution is 0.0688. The maximum atomic E-state index is 12.5. The van der Waals surface area contributed by atoms with Crippen molar-refractivity contribution in [1.82, 2.24) is 9.88 Å². The Hall–Kier alpha value is -2.14. The number of rotatable bonds is 3. The van der Waals surface area contributed by atoms with Gasteiger partial charge in [0.1, 0.15) is 5.69 Å². The zero-order valence-corrected chi connectivity index (χ0v) is 12.6. The molecule has 0 bridgehead atoms. The molecule has 1 aliphatic rings. The number of nitrogens with one attached hydrogen (secondary N) is 1. The smallest absolute Gasteiger partial charge is 0.270 e. The number of hydrogen-bond acceptors (Lipinski definition) is 3. The Kier molecular flexibility index (Phi) is 3.98. The number of aromatic amines is 1. The maximum Gasteiger partial charge on any atom is 0.270 e. The Labute approximate surface area is 128 Å². The van der Waals surface area contributed by atoms with Gasteiger partial charge in [0, 0.05) is 24.9 Å². The van der Waals surface area contributed by atoms with Crippen LogP contribution < -0.4 is 5.56 Å². The highest BCUT2D eigenvalue weighted by atomic mass is 16.3. The Bertz CT molecular complexity index is 753. The number of H-pyrrole nitrogens is 1. The number of fused-ring (bicyclic) bond motifs is 1. The van der Waals surface area contributed by atoms with E-state index in [2.05, 4.69) is 4.98 Å². The molecule has 5 nitrogen and oxygen atoms in total. The van der Waals surface area contributed by atoms with E-state index in [1.165, 1.54) is 0 Å². The van der Waals surface area contributed by atoms with Crippen LogP contribution in [0.1, 0.15) is 29.8 Å². The summed E-state index contributed by atoms with van der Waals surface area (Å²) < 4.78 is 0. The summed E-state index contributed by atoms with van der Waals surface area (Å²) in [5.74, 6) is -0.0944. The van der Waals surface area contributed by atoms with Crippen molar-refractivity contribution in [3.63, 3.8) is 0 Å². The second-order valence-corrected chi connectivity index (χ2v) is 6.04. The van der Waals surface area contributed by atoms with Gasteiger partial charge in [0.2, 0.25) is 0 Å². The SMILES string of the molecule is CN(CC1CCCC1O)C(=O)c1cc2ccccc2c(=O)[nH]1. The van der Waals surface area contributed by atoms with Crippen molar-refractivity contribution in [2.75, 3.05) is 13.6 Å². The number of hydrogen-bond donors (Lipinski definition) is 2. The van der Waals surface area contributed by atoms with E-state index in [0.717, 1.165) is 24.6 Å². The number of aromatic nitrogens is 1. The van der Waals surface area contributed by atoms with Crippen molar-refractivity contribution in [3.05, 3.63) is 46.4 Å². The van der Waals surface area contributed by atoms with Gasteiger partial charge in [0.15, 0.2) is 0 Å². The second-order valence-electron chi connectivity index (χ2n) is 6.04. The van der Waals surface area contributed by atoms with Crippen LogP contribution in [-0.4, -0.2) is 40.6 Å². The van der Waals surface area contributed by atoms with E-state index in [-0.39, 0.29) is 23.5 Å². The molecule has 0 radical (unpaired) electrons. The van der Waals surface area contributed by atoms with Crippen LogP contribution in [0.25, 0.3) is 10.8 Å². The van der Waals surface area contributed by atoms with Crippen LogP contribution >= 0.6 is 0 Å². The fourth-order valence-corrected chi connectivity index (χ4v) is 3.20. The number of amides is 1. The van der Waals surface area contributed by atoms with Gasteiger partial charge in [-0.2, -0.15) is 0 Å². The lowest BCUT2D eigenvalue weighted by Crippen LogP contribution is -2.35. The maximum absolute atomic E-state index is 12.5. The molecule has 3 rings (SSSR count). The molecule has 0 saturated heterocycles. The summed E-state index contributed by atoms with van der Waals surface area (Å²) in [6.45, 7) is 0.509. The first kappa shape index (κ1) is 14.8. The quantitative estimate of drug-likeness (QED) is 0.907. The van der Waals surface area contributed by atoms with Crippen LogP contribution in [0.5, 0.6) is 0 Å². The third kappa shape index (κ3) is 2.76. The molecule has 1 heterocycles. The highest BCUT2D eigenvalue weighted by Crippen LogP contribution is 2.26. The molecule has 2 unspecified atom stereocenters. The molecule has 1 saturated carbocycles. The Morgan fingerprint density at radius 3 is 2.86 bits per heavy atom. The van der Waals surface area contributed by atoms with Crippen LogP contribution in [-0.2, 0) is 0 Å². The van der Waals surface area contributed by atoms with Gasteiger partial charge in [-0.25, -0.2) is 0 Å². The predicted molar refractivity (Wildman–Crippen MR) is 84.9 cm³/mol. The summed E-state index contributed by atoms with van der Waals surface area (Å²) in [6.07, 6.45) is 2.42. The number of carbonyl (C=O) groups is 1. The first-order valence-electron chi connectivity index (χ1n) is 7.62. The highest BCUT2D eigenvalue weighted by Gasteiger charge is 2.28. The molecule has 0 spiro atoms. The standard InChI is InChI=1S/C17H20N2O3/c1-19(10-12-6-4-8-15(12)20)17(22)14-9-11-5-2-3-7-13(11)16(21)18-14/h2-3,5,7,9,12,15,20H,4,6,8,10H2,1H3,(H,18,21). The van der Waals surface area contributed by atoms with Crippen molar-refractivity contribution in [2.45, 2.75) is 25.4 Å². The molecule has 1 aromatic heterocycles. The van der Waals surface area contributed by atoms with Gasteiger partial charge >= 0.3 is 0 Å². The summed E-state index contributed by atoms with van der Waals surface area (Å²) in [5.41, 5.74) is 0.0365. The van der Waals surface area contributed by atoms with E-state index < -0.39 is 0 Å². The monoisotopic (exact) mass is 300 g/mol. The lowest BCUT2D eigenvalue weighted by Gasteiger charge is -2.23. The highest BCUT2D eigenvalue weighted by molar-refractivity contribution is 5.96. The minimum atomic E-state index is -0.328. The fraction of sp³-hybridized carbons (Fsp3) is 0.412. The van der Waals surface area contributed by atoms with E-state index in [1.54, 1.807) is 30.1 Å². The summed E-state index contributed by atoms with van der Waals surface area (Å²) in [6, 6.07) is 8.91. The summed E-state index contributed by atoms with van der Waals surface area (Å²) in [7, 11) is 1.71. The third-order valence-corrected chi connectivity index (χ3v) is 4.46. The molecular weight excluding hydrogens is 280 g/mol. The summed E-state index contributed by atoms with van der Waals surface area (Å²) in [4.78, 5) is 28.8. The van der Waals surface area contributed by atoms with Gasteiger partial charge in [0.05, 0.1) is 6.10 Å². The van der Waals surface area contributed by atoms with Gasteiger partial charge in [-0.1, -0.05) is 24.6 Å². The second kappa shape index (κ2) is 5.93. The lowest BCUT2D eigenvalue weighted by atomic mass is 10.1. The molecule has 1 fully saturated rings. The molecule has 1 amide bonds. The van der Waals surface area contributed by atoms with Crippen molar-refractivity contribution >= 4 is 16.7 Å². The van der Waals surface area contributed by atoms with Crippen molar-refractivity contribution in [3.8, 4) is 0 Å². The fourth-order valence-electron chi connectivity index (χ4n) is 3.20. The molecule has 2 atom stereocenters. The Balaban J connectivity index is 1.83. The number of benzene rings is 1. The van der Waals surface area contributed by atoms with Gasteiger partial charge in [0.25, 0.3) is 11.5 Å². The van der Waals surface area contributed by atoms with E-state index in [0.29, 0.717) is 17.6 Å². The first-order valence-corrected chi connectivity index (χ1v) is 7.62. The average molecular weight is 300 g/mol. The largest absolute Gasteiger partial charge is 0.393 e. The number of aliphatic hydroxyl groups is 1.